The normalized spacial score (nSPS) is 17.0. The van der Waals surface area contributed by atoms with Crippen molar-refractivity contribution < 1.29 is 9.47 Å². The van der Waals surface area contributed by atoms with Crippen molar-refractivity contribution in [1.29, 1.82) is 0 Å². The van der Waals surface area contributed by atoms with Gasteiger partial charge < -0.3 is 20.5 Å². The predicted octanol–water partition coefficient (Wildman–Crippen LogP) is 3.68. The smallest absolute Gasteiger partial charge is 0.189 e. The largest absolute Gasteiger partial charge is 0.457 e. The molecule has 0 aromatic heterocycles. The molecule has 3 rings (SSSR count). The minimum absolute atomic E-state index is 0. The number of para-hydroxylation sites is 1. The second kappa shape index (κ2) is 10.2. The van der Waals surface area contributed by atoms with Gasteiger partial charge in [-0.3, -0.25) is 0 Å². The van der Waals surface area contributed by atoms with E-state index in [-0.39, 0.29) is 30.1 Å². The van der Waals surface area contributed by atoms with Crippen LogP contribution in [0, 0.1) is 0 Å². The summed E-state index contributed by atoms with van der Waals surface area (Å²) in [4.78, 5) is 4.38. The zero-order valence-corrected chi connectivity index (χ0v) is 16.4. The van der Waals surface area contributed by atoms with Gasteiger partial charge in [-0.25, -0.2) is 4.99 Å². The summed E-state index contributed by atoms with van der Waals surface area (Å²) in [5.74, 6) is 2.05. The van der Waals surface area contributed by atoms with Gasteiger partial charge in [-0.05, 0) is 42.7 Å². The Morgan fingerprint density at radius 1 is 1.16 bits per heavy atom. The fraction of sp³-hybridized carbons (Fsp3) is 0.316. The average Bonchev–Trinajstić information content (AvgIpc) is 3.13. The third kappa shape index (κ3) is 6.55. The lowest BCUT2D eigenvalue weighted by atomic mass is 10.2. The number of benzene rings is 2. The van der Waals surface area contributed by atoms with Crippen LogP contribution in [-0.2, 0) is 11.3 Å². The molecule has 0 amide bonds. The van der Waals surface area contributed by atoms with Crippen molar-refractivity contribution in [1.82, 2.24) is 5.32 Å². The van der Waals surface area contributed by atoms with Gasteiger partial charge in [0.2, 0.25) is 0 Å². The van der Waals surface area contributed by atoms with E-state index in [0.29, 0.717) is 19.0 Å². The summed E-state index contributed by atoms with van der Waals surface area (Å²) >= 11 is 0. The van der Waals surface area contributed by atoms with Crippen LogP contribution in [0.5, 0.6) is 11.5 Å². The van der Waals surface area contributed by atoms with Crippen molar-refractivity contribution in [3.63, 3.8) is 0 Å². The van der Waals surface area contributed by atoms with Crippen molar-refractivity contribution >= 4 is 29.9 Å². The minimum Gasteiger partial charge on any atom is -0.457 e. The molecule has 0 bridgehead atoms. The lowest BCUT2D eigenvalue weighted by Gasteiger charge is -2.11. The van der Waals surface area contributed by atoms with Crippen LogP contribution in [-0.4, -0.2) is 25.2 Å². The lowest BCUT2D eigenvalue weighted by molar-refractivity contribution is 0.114. The van der Waals surface area contributed by atoms with E-state index in [4.69, 9.17) is 15.2 Å². The Hall–Kier alpha value is -1.80. The highest BCUT2D eigenvalue weighted by Gasteiger charge is 2.14. The Labute approximate surface area is 165 Å². The van der Waals surface area contributed by atoms with E-state index < -0.39 is 0 Å². The van der Waals surface area contributed by atoms with Crippen LogP contribution in [0.3, 0.4) is 0 Å². The maximum atomic E-state index is 5.91. The van der Waals surface area contributed by atoms with Gasteiger partial charge in [-0.1, -0.05) is 30.3 Å². The van der Waals surface area contributed by atoms with E-state index in [0.717, 1.165) is 36.5 Å². The number of rotatable bonds is 6. The van der Waals surface area contributed by atoms with Crippen molar-refractivity contribution in [3.05, 3.63) is 60.2 Å². The number of guanidine groups is 1. The lowest BCUT2D eigenvalue weighted by Crippen LogP contribution is -2.37. The quantitative estimate of drug-likeness (QED) is 0.398. The number of nitrogens with two attached hydrogens (primary N) is 1. The van der Waals surface area contributed by atoms with Gasteiger partial charge in [0.05, 0.1) is 12.6 Å². The molecule has 1 aliphatic heterocycles. The summed E-state index contributed by atoms with van der Waals surface area (Å²) < 4.78 is 11.4. The highest BCUT2D eigenvalue weighted by Crippen LogP contribution is 2.22. The highest BCUT2D eigenvalue weighted by molar-refractivity contribution is 14.0. The van der Waals surface area contributed by atoms with Gasteiger partial charge in [0.15, 0.2) is 5.96 Å². The molecule has 1 heterocycles. The molecule has 1 unspecified atom stereocenters. The second-order valence-electron chi connectivity index (χ2n) is 5.78. The molecule has 2 aromatic rings. The molecule has 134 valence electrons. The van der Waals surface area contributed by atoms with Gasteiger partial charge in [-0.15, -0.1) is 24.0 Å². The molecule has 2 aromatic carbocycles. The first kappa shape index (κ1) is 19.5. The summed E-state index contributed by atoms with van der Waals surface area (Å²) in [6, 6.07) is 17.6. The molecule has 3 N–H and O–H groups in total. The summed E-state index contributed by atoms with van der Waals surface area (Å²) in [7, 11) is 0. The van der Waals surface area contributed by atoms with Crippen LogP contribution in [0.1, 0.15) is 18.4 Å². The molecule has 0 radical (unpaired) electrons. The molecular formula is C19H24IN3O2. The Kier molecular flexibility index (Phi) is 8.00. The van der Waals surface area contributed by atoms with Crippen LogP contribution >= 0.6 is 24.0 Å². The second-order valence-corrected chi connectivity index (χ2v) is 5.78. The third-order valence-electron chi connectivity index (χ3n) is 3.84. The van der Waals surface area contributed by atoms with Crippen LogP contribution in [0.15, 0.2) is 59.6 Å². The molecule has 0 saturated carbocycles. The Morgan fingerprint density at radius 2 is 1.96 bits per heavy atom. The molecule has 6 heteroatoms. The fourth-order valence-electron chi connectivity index (χ4n) is 2.59. The van der Waals surface area contributed by atoms with Crippen molar-refractivity contribution in [2.75, 3.05) is 13.2 Å². The number of nitrogens with zero attached hydrogens (tertiary/aromatic N) is 1. The Balaban J connectivity index is 0.00000225. The molecule has 5 nitrogen and oxygen atoms in total. The number of hydrogen-bond donors (Lipinski definition) is 2. The van der Waals surface area contributed by atoms with Crippen LogP contribution < -0.4 is 15.8 Å². The van der Waals surface area contributed by atoms with Crippen LogP contribution in [0.2, 0.25) is 0 Å². The SMILES string of the molecule is I.NC(=NCc1cccc(Oc2ccccc2)c1)NCC1CCCO1. The highest BCUT2D eigenvalue weighted by atomic mass is 127. The molecule has 1 aliphatic rings. The Bertz CT molecular complexity index is 673. The van der Waals surface area contributed by atoms with Gasteiger partial charge in [-0.2, -0.15) is 0 Å². The van der Waals surface area contributed by atoms with Gasteiger partial charge in [0.25, 0.3) is 0 Å². The number of halogens is 1. The van der Waals surface area contributed by atoms with E-state index in [9.17, 15) is 0 Å². The number of aliphatic imine (C=N–C) groups is 1. The average molecular weight is 453 g/mol. The first-order valence-corrected chi connectivity index (χ1v) is 8.27. The maximum Gasteiger partial charge on any atom is 0.189 e. The molecule has 0 spiro atoms. The van der Waals surface area contributed by atoms with Crippen molar-refractivity contribution in [2.45, 2.75) is 25.5 Å². The zero-order chi connectivity index (χ0) is 16.6. The fourth-order valence-corrected chi connectivity index (χ4v) is 2.59. The number of hydrogen-bond acceptors (Lipinski definition) is 3. The molecule has 1 fully saturated rings. The van der Waals surface area contributed by atoms with Gasteiger partial charge in [0, 0.05) is 13.2 Å². The van der Waals surface area contributed by atoms with Crippen LogP contribution in [0.25, 0.3) is 0 Å². The maximum absolute atomic E-state index is 5.91. The summed E-state index contributed by atoms with van der Waals surface area (Å²) in [6.45, 7) is 2.07. The van der Waals surface area contributed by atoms with Crippen LogP contribution in [0.4, 0.5) is 0 Å². The van der Waals surface area contributed by atoms with E-state index in [1.807, 2.05) is 54.6 Å². The van der Waals surface area contributed by atoms with Gasteiger partial charge in [0.1, 0.15) is 11.5 Å². The molecular weight excluding hydrogens is 429 g/mol. The Morgan fingerprint density at radius 3 is 2.72 bits per heavy atom. The minimum atomic E-state index is 0. The van der Waals surface area contributed by atoms with Gasteiger partial charge >= 0.3 is 0 Å². The summed E-state index contributed by atoms with van der Waals surface area (Å²) in [6.07, 6.45) is 2.46. The summed E-state index contributed by atoms with van der Waals surface area (Å²) in [5, 5.41) is 3.12. The van der Waals surface area contributed by atoms with E-state index in [2.05, 4.69) is 10.3 Å². The van der Waals surface area contributed by atoms with Crippen molar-refractivity contribution in [2.24, 2.45) is 10.7 Å². The molecule has 1 saturated heterocycles. The number of ether oxygens (including phenoxy) is 2. The first-order valence-electron chi connectivity index (χ1n) is 8.27. The van der Waals surface area contributed by atoms with Crippen molar-refractivity contribution in [3.8, 4) is 11.5 Å². The zero-order valence-electron chi connectivity index (χ0n) is 14.1. The monoisotopic (exact) mass is 453 g/mol. The van der Waals surface area contributed by atoms with E-state index in [1.165, 1.54) is 0 Å². The first-order chi connectivity index (χ1) is 11.8. The van der Waals surface area contributed by atoms with E-state index >= 15 is 0 Å². The van der Waals surface area contributed by atoms with E-state index in [1.54, 1.807) is 0 Å². The predicted molar refractivity (Wildman–Crippen MR) is 111 cm³/mol. The topological polar surface area (TPSA) is 68.9 Å². The molecule has 25 heavy (non-hydrogen) atoms. The summed E-state index contributed by atoms with van der Waals surface area (Å²) in [5.41, 5.74) is 6.96. The molecule has 0 aliphatic carbocycles. The standard InChI is InChI=1S/C19H23N3O2.HI/c20-19(22-14-18-10-5-11-23-18)21-13-15-6-4-9-17(12-15)24-16-7-2-1-3-8-16;/h1-4,6-9,12,18H,5,10-11,13-14H2,(H3,20,21,22);1H. The third-order valence-corrected chi connectivity index (χ3v) is 3.84. The number of nitrogens with one attached hydrogen (secondary N) is 1. The molecule has 1 atom stereocenters.